The molecule has 6 rings (SSSR count). The average Bonchev–Trinajstić information content (AvgIpc) is 3.70. The monoisotopic (exact) mass is 632 g/mol. The van der Waals surface area contributed by atoms with Crippen LogP contribution in [-0.4, -0.2) is 45.9 Å². The Morgan fingerprint density at radius 3 is 2.22 bits per heavy atom. The molecule has 3 aromatic carbocycles. The summed E-state index contributed by atoms with van der Waals surface area (Å²) >= 11 is 0. The Morgan fingerprint density at radius 1 is 1.02 bits per heavy atom. The fourth-order valence-electron chi connectivity index (χ4n) is 5.80. The van der Waals surface area contributed by atoms with E-state index in [9.17, 15) is 17.6 Å². The van der Waals surface area contributed by atoms with Gasteiger partial charge in [-0.2, -0.15) is 0 Å². The Labute approximate surface area is 264 Å². The van der Waals surface area contributed by atoms with Gasteiger partial charge in [0.1, 0.15) is 17.2 Å². The quantitative estimate of drug-likeness (QED) is 0.238. The lowest BCUT2D eigenvalue weighted by molar-refractivity contribution is 0.00578. The van der Waals surface area contributed by atoms with Crippen molar-refractivity contribution in [2.24, 2.45) is 0 Å². The summed E-state index contributed by atoms with van der Waals surface area (Å²) in [6.07, 6.45) is 3.02. The number of carbonyl (C=O) groups is 1. The van der Waals surface area contributed by atoms with Crippen molar-refractivity contribution < 1.29 is 31.3 Å². The van der Waals surface area contributed by atoms with Crippen molar-refractivity contribution in [2.45, 2.75) is 71.1 Å². The third-order valence-corrected chi connectivity index (χ3v) is 10.4. The van der Waals surface area contributed by atoms with E-state index < -0.39 is 34.2 Å². The normalized spacial score (nSPS) is 17.6. The maximum atomic E-state index is 13.7. The average molecular weight is 633 g/mol. The second kappa shape index (κ2) is 11.0. The van der Waals surface area contributed by atoms with Gasteiger partial charge in [-0.05, 0) is 106 Å². The fourth-order valence-corrected chi connectivity index (χ4v) is 6.69. The van der Waals surface area contributed by atoms with Crippen LogP contribution in [0.3, 0.4) is 0 Å². The predicted octanol–water partition coefficient (Wildman–Crippen LogP) is 6.05. The summed E-state index contributed by atoms with van der Waals surface area (Å²) in [6, 6.07) is 15.2. The number of hydrogen-bond acceptors (Lipinski definition) is 6. The van der Waals surface area contributed by atoms with Crippen molar-refractivity contribution in [2.75, 3.05) is 17.6 Å². The number of carbonyl (C=O) groups excluding carboxylic acids is 1. The number of sulfonamides is 1. The van der Waals surface area contributed by atoms with Crippen LogP contribution in [-0.2, 0) is 25.9 Å². The van der Waals surface area contributed by atoms with E-state index in [0.29, 0.717) is 33.5 Å². The lowest BCUT2D eigenvalue weighted by Crippen LogP contribution is -2.41. The molecule has 0 atom stereocenters. The molecular formula is C34H38BFN2O6S. The Morgan fingerprint density at radius 2 is 1.67 bits per heavy atom. The second-order valence-electron chi connectivity index (χ2n) is 13.1. The molecule has 1 aliphatic carbocycles. The molecule has 1 aliphatic heterocycles. The van der Waals surface area contributed by atoms with Crippen molar-refractivity contribution in [3.8, 4) is 11.3 Å². The number of halogens is 1. The third kappa shape index (κ3) is 5.77. The van der Waals surface area contributed by atoms with Gasteiger partial charge in [0.2, 0.25) is 10.0 Å². The van der Waals surface area contributed by atoms with Crippen LogP contribution in [0.25, 0.3) is 22.3 Å². The smallest absolute Gasteiger partial charge is 0.455 e. The molecular weight excluding hydrogens is 594 g/mol. The molecule has 236 valence electrons. The van der Waals surface area contributed by atoms with E-state index in [2.05, 4.69) is 5.32 Å². The minimum absolute atomic E-state index is 0.105. The van der Waals surface area contributed by atoms with Gasteiger partial charge in [0.25, 0.3) is 5.91 Å². The zero-order valence-corrected chi connectivity index (χ0v) is 27.5. The summed E-state index contributed by atoms with van der Waals surface area (Å²) in [5.41, 5.74) is 4.25. The Kier molecular flexibility index (Phi) is 7.65. The van der Waals surface area contributed by atoms with Crippen molar-refractivity contribution >= 4 is 45.2 Å². The van der Waals surface area contributed by atoms with Crippen LogP contribution in [0.1, 0.15) is 73.5 Å². The number of amides is 1. The van der Waals surface area contributed by atoms with E-state index in [1.165, 1.54) is 29.7 Å². The van der Waals surface area contributed by atoms with Crippen molar-refractivity contribution in [3.63, 3.8) is 0 Å². The number of nitrogens with one attached hydrogen (secondary N) is 1. The van der Waals surface area contributed by atoms with E-state index >= 15 is 0 Å². The maximum Gasteiger partial charge on any atom is 0.494 e. The first kappa shape index (κ1) is 31.3. The van der Waals surface area contributed by atoms with Crippen LogP contribution < -0.4 is 15.1 Å². The van der Waals surface area contributed by atoms with Gasteiger partial charge in [-0.15, -0.1) is 0 Å². The maximum absolute atomic E-state index is 13.7. The Hall–Kier alpha value is -3.67. The molecule has 11 heteroatoms. The lowest BCUT2D eigenvalue weighted by Gasteiger charge is -2.32. The molecule has 45 heavy (non-hydrogen) atoms. The minimum atomic E-state index is -3.75. The van der Waals surface area contributed by atoms with Crippen molar-refractivity contribution in [1.82, 2.24) is 5.32 Å². The molecule has 4 aromatic rings. The largest absolute Gasteiger partial charge is 0.494 e. The highest BCUT2D eigenvalue weighted by atomic mass is 32.2. The van der Waals surface area contributed by atoms with Gasteiger partial charge in [0.05, 0.1) is 35.3 Å². The molecule has 1 N–H and O–H groups in total. The van der Waals surface area contributed by atoms with Crippen molar-refractivity contribution in [3.05, 3.63) is 82.7 Å². The van der Waals surface area contributed by atoms with Gasteiger partial charge >= 0.3 is 7.12 Å². The predicted molar refractivity (Wildman–Crippen MR) is 175 cm³/mol. The Bertz CT molecular complexity index is 1900. The molecule has 1 saturated carbocycles. The van der Waals surface area contributed by atoms with E-state index in [4.69, 9.17) is 13.7 Å². The summed E-state index contributed by atoms with van der Waals surface area (Å²) in [7, 11) is -2.73. The third-order valence-electron chi connectivity index (χ3n) is 9.29. The molecule has 8 nitrogen and oxygen atoms in total. The van der Waals surface area contributed by atoms with Crippen LogP contribution >= 0.6 is 0 Å². The van der Waals surface area contributed by atoms with Crippen LogP contribution in [0.4, 0.5) is 10.1 Å². The van der Waals surface area contributed by atoms with E-state index in [1.807, 2.05) is 58.9 Å². The molecule has 0 bridgehead atoms. The van der Waals surface area contributed by atoms with Crippen LogP contribution in [0, 0.1) is 12.7 Å². The van der Waals surface area contributed by atoms with E-state index in [1.54, 1.807) is 18.2 Å². The zero-order valence-electron chi connectivity index (χ0n) is 26.7. The molecule has 0 spiro atoms. The highest BCUT2D eigenvalue weighted by molar-refractivity contribution is 7.92. The van der Waals surface area contributed by atoms with E-state index in [-0.39, 0.29) is 18.4 Å². The van der Waals surface area contributed by atoms with E-state index in [0.717, 1.165) is 35.0 Å². The first-order chi connectivity index (χ1) is 21.1. The molecule has 1 amide bonds. The first-order valence-electron chi connectivity index (χ1n) is 15.1. The van der Waals surface area contributed by atoms with Crippen LogP contribution in [0.15, 0.2) is 59.0 Å². The number of benzene rings is 3. The van der Waals surface area contributed by atoms with Gasteiger partial charge in [-0.25, -0.2) is 12.8 Å². The summed E-state index contributed by atoms with van der Waals surface area (Å²) in [4.78, 5) is 13.1. The van der Waals surface area contributed by atoms with Gasteiger partial charge in [0, 0.05) is 24.1 Å². The molecule has 2 heterocycles. The zero-order chi connectivity index (χ0) is 32.5. The number of nitrogens with zero attached hydrogens (tertiary/aromatic N) is 1. The highest BCUT2D eigenvalue weighted by Crippen LogP contribution is 2.48. The first-order valence-corrected chi connectivity index (χ1v) is 17.0. The topological polar surface area (TPSA) is 98.1 Å². The number of rotatable bonds is 8. The minimum Gasteiger partial charge on any atom is -0.455 e. The number of anilines is 1. The summed E-state index contributed by atoms with van der Waals surface area (Å²) < 4.78 is 60.7. The second-order valence-corrected chi connectivity index (χ2v) is 15.0. The molecule has 1 saturated heterocycles. The summed E-state index contributed by atoms with van der Waals surface area (Å²) in [5.74, 6) is -0.302. The van der Waals surface area contributed by atoms with Crippen LogP contribution in [0.2, 0.25) is 0 Å². The number of fused-ring (bicyclic) bond motifs is 1. The standard InChI is InChI=1S/C34H38BFN2O6S/c1-20-16-24(35-43-33(2,3)34(4,5)44-35)13-10-23(20)19-38(45(7,40)41)28-18-29-27(17-26(28)21-8-9-21)30(32(39)37-6)31(42-29)22-11-14-25(36)15-12-22/h10-18,21H,8-9,19H2,1-7H3,(H,37,39). The van der Waals surface area contributed by atoms with Crippen LogP contribution in [0.5, 0.6) is 0 Å². The molecule has 0 unspecified atom stereocenters. The fraction of sp³-hybridized carbons (Fsp3) is 0.382. The lowest BCUT2D eigenvalue weighted by atomic mass is 9.78. The molecule has 2 fully saturated rings. The number of furan rings is 1. The molecule has 1 aromatic heterocycles. The van der Waals surface area contributed by atoms with Gasteiger partial charge in [-0.1, -0.05) is 18.2 Å². The number of hydrogen-bond donors (Lipinski definition) is 1. The molecule has 0 radical (unpaired) electrons. The Balaban J connectivity index is 1.43. The highest BCUT2D eigenvalue weighted by Gasteiger charge is 2.51. The van der Waals surface area contributed by atoms with Gasteiger partial charge < -0.3 is 19.0 Å². The summed E-state index contributed by atoms with van der Waals surface area (Å²) in [6.45, 7) is 10.1. The molecule has 2 aliphatic rings. The summed E-state index contributed by atoms with van der Waals surface area (Å²) in [5, 5.41) is 3.26. The van der Waals surface area contributed by atoms with Gasteiger partial charge in [-0.3, -0.25) is 9.10 Å². The van der Waals surface area contributed by atoms with Crippen molar-refractivity contribution in [1.29, 1.82) is 0 Å². The van der Waals surface area contributed by atoms with Gasteiger partial charge in [0.15, 0.2) is 0 Å². The number of aryl methyl sites for hydroxylation is 1. The SMILES string of the molecule is CNC(=O)c1c(-c2ccc(F)cc2)oc2cc(N(Cc3ccc(B4OC(C)(C)C(C)(C)O4)cc3C)S(C)(=O)=O)c(C3CC3)cc12.